The number of hydrogen-bond acceptors (Lipinski definition) is 4. The Kier molecular flexibility index (Phi) is 3.73. The van der Waals surface area contributed by atoms with Gasteiger partial charge in [0.05, 0.1) is 19.1 Å². The standard InChI is InChI=1S/C18H22N2O3/c21-17(16-5-2-13-23-16)20-9-3-6-18(20)7-10-19(11-8-18)14-15-4-1-12-22-15/h1-2,4-5,12-13H,3,6-11,14H2. The smallest absolute Gasteiger partial charge is 0.290 e. The highest BCUT2D eigenvalue weighted by Gasteiger charge is 2.46. The van der Waals surface area contributed by atoms with Crippen LogP contribution in [-0.2, 0) is 6.54 Å². The van der Waals surface area contributed by atoms with E-state index in [2.05, 4.69) is 9.80 Å². The van der Waals surface area contributed by atoms with Crippen LogP contribution in [0.3, 0.4) is 0 Å². The van der Waals surface area contributed by atoms with Crippen LogP contribution in [0.25, 0.3) is 0 Å². The molecule has 2 aliphatic heterocycles. The van der Waals surface area contributed by atoms with Crippen molar-refractivity contribution in [2.75, 3.05) is 19.6 Å². The quantitative estimate of drug-likeness (QED) is 0.873. The molecule has 2 fully saturated rings. The number of furan rings is 2. The molecular weight excluding hydrogens is 292 g/mol. The molecule has 0 N–H and O–H groups in total. The number of piperidine rings is 1. The van der Waals surface area contributed by atoms with Gasteiger partial charge in [-0.05, 0) is 49.9 Å². The average molecular weight is 314 g/mol. The van der Waals surface area contributed by atoms with E-state index in [1.807, 2.05) is 12.1 Å². The van der Waals surface area contributed by atoms with E-state index in [9.17, 15) is 4.79 Å². The van der Waals surface area contributed by atoms with E-state index in [1.165, 1.54) is 0 Å². The Morgan fingerprint density at radius 1 is 1.04 bits per heavy atom. The Morgan fingerprint density at radius 2 is 1.83 bits per heavy atom. The molecule has 4 rings (SSSR count). The van der Waals surface area contributed by atoms with Crippen LogP contribution in [0, 0.1) is 0 Å². The van der Waals surface area contributed by atoms with Crippen LogP contribution in [0.4, 0.5) is 0 Å². The molecule has 0 radical (unpaired) electrons. The van der Waals surface area contributed by atoms with Gasteiger partial charge in [0.15, 0.2) is 5.76 Å². The topological polar surface area (TPSA) is 49.8 Å². The van der Waals surface area contributed by atoms with Crippen molar-refractivity contribution in [1.29, 1.82) is 0 Å². The molecule has 5 heteroatoms. The molecular formula is C18H22N2O3. The third-order valence-corrected chi connectivity index (χ3v) is 5.32. The van der Waals surface area contributed by atoms with Gasteiger partial charge in [0.2, 0.25) is 0 Å². The minimum Gasteiger partial charge on any atom is -0.468 e. The van der Waals surface area contributed by atoms with Crippen LogP contribution in [0.1, 0.15) is 42.0 Å². The lowest BCUT2D eigenvalue weighted by Gasteiger charge is -2.44. The van der Waals surface area contributed by atoms with E-state index in [-0.39, 0.29) is 11.4 Å². The lowest BCUT2D eigenvalue weighted by atomic mass is 9.84. The summed E-state index contributed by atoms with van der Waals surface area (Å²) < 4.78 is 10.8. The lowest BCUT2D eigenvalue weighted by Crippen LogP contribution is -2.53. The van der Waals surface area contributed by atoms with Crippen LogP contribution >= 0.6 is 0 Å². The summed E-state index contributed by atoms with van der Waals surface area (Å²) in [6.45, 7) is 3.71. The minimum atomic E-state index is 0.0174. The van der Waals surface area contributed by atoms with Gasteiger partial charge in [-0.2, -0.15) is 0 Å². The molecule has 1 amide bonds. The first-order valence-electron chi connectivity index (χ1n) is 8.37. The van der Waals surface area contributed by atoms with E-state index in [0.717, 1.165) is 57.6 Å². The Balaban J connectivity index is 1.43. The first-order valence-corrected chi connectivity index (χ1v) is 8.37. The van der Waals surface area contributed by atoms with Crippen molar-refractivity contribution in [1.82, 2.24) is 9.80 Å². The monoisotopic (exact) mass is 314 g/mol. The summed E-state index contributed by atoms with van der Waals surface area (Å²) in [4.78, 5) is 17.2. The summed E-state index contributed by atoms with van der Waals surface area (Å²) in [6.07, 6.45) is 7.54. The van der Waals surface area contributed by atoms with E-state index < -0.39 is 0 Å². The van der Waals surface area contributed by atoms with Crippen LogP contribution in [-0.4, -0.2) is 40.9 Å². The third-order valence-electron chi connectivity index (χ3n) is 5.32. The van der Waals surface area contributed by atoms with Crippen molar-refractivity contribution in [3.63, 3.8) is 0 Å². The molecule has 5 nitrogen and oxygen atoms in total. The largest absolute Gasteiger partial charge is 0.468 e. The molecule has 23 heavy (non-hydrogen) atoms. The van der Waals surface area contributed by atoms with Crippen molar-refractivity contribution in [2.24, 2.45) is 0 Å². The number of likely N-dealkylation sites (tertiary alicyclic amines) is 2. The van der Waals surface area contributed by atoms with Gasteiger partial charge in [-0.15, -0.1) is 0 Å². The van der Waals surface area contributed by atoms with E-state index >= 15 is 0 Å². The first-order chi connectivity index (χ1) is 11.3. The van der Waals surface area contributed by atoms with Crippen LogP contribution < -0.4 is 0 Å². The van der Waals surface area contributed by atoms with Crippen molar-refractivity contribution < 1.29 is 13.6 Å². The fourth-order valence-corrected chi connectivity index (χ4v) is 4.06. The zero-order valence-corrected chi connectivity index (χ0v) is 13.2. The Bertz CT molecular complexity index is 640. The van der Waals surface area contributed by atoms with Crippen molar-refractivity contribution in [3.8, 4) is 0 Å². The minimum absolute atomic E-state index is 0.0174. The summed E-state index contributed by atoms with van der Waals surface area (Å²) in [5.74, 6) is 1.52. The van der Waals surface area contributed by atoms with Gasteiger partial charge in [0.25, 0.3) is 5.91 Å². The van der Waals surface area contributed by atoms with Gasteiger partial charge in [-0.25, -0.2) is 0 Å². The number of carbonyl (C=O) groups excluding carboxylic acids is 1. The Hall–Kier alpha value is -2.01. The number of carbonyl (C=O) groups is 1. The fourth-order valence-electron chi connectivity index (χ4n) is 4.06. The average Bonchev–Trinajstić information content (AvgIpc) is 3.30. The summed E-state index contributed by atoms with van der Waals surface area (Å²) in [5, 5.41) is 0. The molecule has 0 atom stereocenters. The second kappa shape index (κ2) is 5.89. The zero-order valence-electron chi connectivity index (χ0n) is 13.2. The molecule has 1 spiro atoms. The van der Waals surface area contributed by atoms with Crippen LogP contribution in [0.15, 0.2) is 45.6 Å². The van der Waals surface area contributed by atoms with Gasteiger partial charge < -0.3 is 13.7 Å². The summed E-state index contributed by atoms with van der Waals surface area (Å²) in [6, 6.07) is 7.50. The number of amides is 1. The van der Waals surface area contributed by atoms with E-state index in [1.54, 1.807) is 24.7 Å². The van der Waals surface area contributed by atoms with Crippen LogP contribution in [0.5, 0.6) is 0 Å². The number of rotatable bonds is 3. The molecule has 0 unspecified atom stereocenters. The van der Waals surface area contributed by atoms with Crippen molar-refractivity contribution in [2.45, 2.75) is 37.8 Å². The molecule has 4 heterocycles. The SMILES string of the molecule is O=C(c1ccco1)N1CCCC12CCN(Cc1ccco1)CC2. The number of nitrogens with zero attached hydrogens (tertiary/aromatic N) is 2. The van der Waals surface area contributed by atoms with Gasteiger partial charge >= 0.3 is 0 Å². The van der Waals surface area contributed by atoms with Crippen molar-refractivity contribution in [3.05, 3.63) is 48.3 Å². The highest BCUT2D eigenvalue weighted by atomic mass is 16.3. The summed E-state index contributed by atoms with van der Waals surface area (Å²) >= 11 is 0. The summed E-state index contributed by atoms with van der Waals surface area (Å²) in [5.41, 5.74) is 0.0174. The first kappa shape index (κ1) is 14.6. The van der Waals surface area contributed by atoms with E-state index in [0.29, 0.717) is 5.76 Å². The Morgan fingerprint density at radius 3 is 2.52 bits per heavy atom. The van der Waals surface area contributed by atoms with Gasteiger partial charge in [-0.1, -0.05) is 0 Å². The molecule has 0 bridgehead atoms. The highest BCUT2D eigenvalue weighted by molar-refractivity contribution is 5.92. The maximum absolute atomic E-state index is 12.7. The number of hydrogen-bond donors (Lipinski definition) is 0. The molecule has 2 aromatic rings. The highest BCUT2D eigenvalue weighted by Crippen LogP contribution is 2.39. The third kappa shape index (κ3) is 2.70. The molecule has 0 aromatic carbocycles. The normalized spacial score (nSPS) is 21.1. The fraction of sp³-hybridized carbons (Fsp3) is 0.500. The van der Waals surface area contributed by atoms with Crippen molar-refractivity contribution >= 4 is 5.91 Å². The maximum Gasteiger partial charge on any atom is 0.290 e. The predicted octanol–water partition coefficient (Wildman–Crippen LogP) is 3.14. The second-order valence-electron chi connectivity index (χ2n) is 6.62. The lowest BCUT2D eigenvalue weighted by molar-refractivity contribution is 0.0322. The molecule has 0 aliphatic carbocycles. The Labute approximate surface area is 135 Å². The molecule has 0 saturated carbocycles. The zero-order chi connectivity index (χ0) is 15.7. The second-order valence-corrected chi connectivity index (χ2v) is 6.62. The maximum atomic E-state index is 12.7. The molecule has 122 valence electrons. The predicted molar refractivity (Wildman–Crippen MR) is 84.9 cm³/mol. The molecule has 2 aliphatic rings. The van der Waals surface area contributed by atoms with Gasteiger partial charge in [0.1, 0.15) is 5.76 Å². The van der Waals surface area contributed by atoms with Gasteiger partial charge in [-0.3, -0.25) is 9.69 Å². The molecule has 2 aromatic heterocycles. The van der Waals surface area contributed by atoms with Gasteiger partial charge in [0, 0.05) is 25.2 Å². The van der Waals surface area contributed by atoms with E-state index in [4.69, 9.17) is 8.83 Å². The van der Waals surface area contributed by atoms with Crippen LogP contribution in [0.2, 0.25) is 0 Å². The summed E-state index contributed by atoms with van der Waals surface area (Å²) in [7, 11) is 0. The molecule has 2 saturated heterocycles.